The quantitative estimate of drug-likeness (QED) is 0.619. The molecule has 0 bridgehead atoms. The Kier molecular flexibility index (Phi) is 11.2. The Morgan fingerprint density at radius 2 is 1.83 bits per heavy atom. The molecule has 2 atom stereocenters. The number of carboxylic acid groups (broad SMARTS) is 2. The van der Waals surface area contributed by atoms with E-state index < -0.39 is 11.9 Å². The van der Waals surface area contributed by atoms with Crippen molar-refractivity contribution in [3.63, 3.8) is 0 Å². The molecule has 106 valence electrons. The molecule has 0 spiro atoms. The van der Waals surface area contributed by atoms with Gasteiger partial charge in [0.2, 0.25) is 0 Å². The molecule has 1 rings (SSSR count). The van der Waals surface area contributed by atoms with Crippen molar-refractivity contribution in [2.75, 3.05) is 12.8 Å². The Bertz CT molecular complexity index is 335. The molecule has 0 aromatic rings. The van der Waals surface area contributed by atoms with Crippen LogP contribution in [0.1, 0.15) is 13.8 Å². The minimum atomic E-state index is -1.82. The normalized spacial score (nSPS) is 15.6. The number of hydrogen-bond donors (Lipinski definition) is 2. The first-order valence-corrected chi connectivity index (χ1v) is 6.24. The summed E-state index contributed by atoms with van der Waals surface area (Å²) in [5.74, 6) is -2.14. The maximum absolute atomic E-state index is 9.10. The molecule has 1 aliphatic heterocycles. The van der Waals surface area contributed by atoms with Crippen LogP contribution in [0.25, 0.3) is 0 Å². The average molecular weight is 455 g/mol. The van der Waals surface area contributed by atoms with Gasteiger partial charge in [0.15, 0.2) is 0 Å². The van der Waals surface area contributed by atoms with Crippen molar-refractivity contribution in [3.05, 3.63) is 0 Å². The fourth-order valence-electron chi connectivity index (χ4n) is 0.985. The summed E-state index contributed by atoms with van der Waals surface area (Å²) in [5.41, 5.74) is 0. The van der Waals surface area contributed by atoms with Crippen molar-refractivity contribution in [2.24, 2.45) is 15.9 Å². The van der Waals surface area contributed by atoms with Gasteiger partial charge in [-0.2, -0.15) is 11.8 Å². The molecule has 2 unspecified atom stereocenters. The van der Waals surface area contributed by atoms with E-state index in [4.69, 9.17) is 19.8 Å². The van der Waals surface area contributed by atoms with E-state index in [0.29, 0.717) is 11.2 Å². The number of carboxylic acids is 2. The molecule has 0 aliphatic carbocycles. The molecule has 8 heteroatoms. The monoisotopic (exact) mass is 455 g/mol. The minimum Gasteiger partial charge on any atom is -0.473 e. The van der Waals surface area contributed by atoms with E-state index >= 15 is 0 Å². The molecule has 18 heavy (non-hydrogen) atoms. The number of carbonyl (C=O) groups is 2. The van der Waals surface area contributed by atoms with E-state index in [0.717, 1.165) is 12.4 Å². The second-order valence-corrected chi connectivity index (χ2v) is 4.57. The molecule has 6 nitrogen and oxygen atoms in total. The number of amidine groups is 1. The summed E-state index contributed by atoms with van der Waals surface area (Å²) in [6.45, 7) is 5.18. The van der Waals surface area contributed by atoms with Crippen LogP contribution in [-0.2, 0) is 30.7 Å². The fourth-order valence-corrected chi connectivity index (χ4v) is 1.52. The molecule has 0 fully saturated rings. The van der Waals surface area contributed by atoms with Crippen molar-refractivity contribution >= 4 is 35.8 Å². The first-order chi connectivity index (χ1) is 7.90. The van der Waals surface area contributed by atoms with E-state index in [1.807, 2.05) is 18.0 Å². The van der Waals surface area contributed by atoms with Crippen LogP contribution in [0.15, 0.2) is 9.98 Å². The van der Waals surface area contributed by atoms with Crippen LogP contribution in [0.2, 0.25) is 0 Å². The molecule has 2 N–H and O–H groups in total. The third-order valence-electron chi connectivity index (χ3n) is 2.22. The smallest absolute Gasteiger partial charge is 0.414 e. The zero-order chi connectivity index (χ0) is 13.4. The molecule has 0 saturated carbocycles. The van der Waals surface area contributed by atoms with E-state index in [-0.39, 0.29) is 21.1 Å². The fraction of sp³-hybridized carbons (Fsp3) is 0.600. The Labute approximate surface area is 124 Å². The van der Waals surface area contributed by atoms with Crippen LogP contribution in [-0.4, -0.2) is 52.3 Å². The summed E-state index contributed by atoms with van der Waals surface area (Å²) >= 11 is 1.86. The maximum atomic E-state index is 9.10. The van der Waals surface area contributed by atoms with Gasteiger partial charge in [0.05, 0.1) is 6.54 Å². The standard InChI is InChI=1S/C8H14N2S.C2H2O4.Pt/c1-6(7(2)11-3)8-9-4-5-10-8;3-1(4)2(5)6;/h4,6-7H,5H2,1-3H3;(H,3,4)(H,5,6);. The first kappa shape index (κ1) is 19.7. The Morgan fingerprint density at radius 3 is 2.11 bits per heavy atom. The third-order valence-corrected chi connectivity index (χ3v) is 3.38. The van der Waals surface area contributed by atoms with Gasteiger partial charge in [-0.3, -0.25) is 4.99 Å². The summed E-state index contributed by atoms with van der Waals surface area (Å²) in [6, 6.07) is 0. The molecule has 1 aliphatic rings. The van der Waals surface area contributed by atoms with Gasteiger partial charge in [-0.25, -0.2) is 14.6 Å². The van der Waals surface area contributed by atoms with Crippen molar-refractivity contribution < 1.29 is 40.9 Å². The van der Waals surface area contributed by atoms with Crippen molar-refractivity contribution in [3.8, 4) is 0 Å². The van der Waals surface area contributed by atoms with Gasteiger partial charge in [0.1, 0.15) is 5.84 Å². The number of thioether (sulfide) groups is 1. The largest absolute Gasteiger partial charge is 0.473 e. The Hall–Kier alpha value is -0.682. The van der Waals surface area contributed by atoms with Crippen LogP contribution < -0.4 is 0 Å². The second kappa shape index (κ2) is 10.3. The Morgan fingerprint density at radius 1 is 1.33 bits per heavy atom. The average Bonchev–Trinajstić information content (AvgIpc) is 2.81. The summed E-state index contributed by atoms with van der Waals surface area (Å²) < 4.78 is 0. The molecule has 1 heterocycles. The van der Waals surface area contributed by atoms with Gasteiger partial charge >= 0.3 is 11.9 Å². The summed E-state index contributed by atoms with van der Waals surface area (Å²) in [6.07, 6.45) is 4.00. The molecule has 0 aromatic heterocycles. The minimum absolute atomic E-state index is 0. The second-order valence-electron chi connectivity index (χ2n) is 3.35. The van der Waals surface area contributed by atoms with Gasteiger partial charge in [-0.05, 0) is 6.26 Å². The van der Waals surface area contributed by atoms with E-state index in [1.54, 1.807) is 0 Å². The number of nitrogens with zero attached hydrogens (tertiary/aromatic N) is 2. The SMILES string of the molecule is CSC(C)C(C)C1=NCC=N1.O=C(O)C(=O)O.[Pt]. The van der Waals surface area contributed by atoms with Crippen LogP contribution in [0, 0.1) is 5.92 Å². The van der Waals surface area contributed by atoms with Crippen LogP contribution in [0.4, 0.5) is 0 Å². The number of rotatable bonds is 3. The van der Waals surface area contributed by atoms with Crippen LogP contribution in [0.3, 0.4) is 0 Å². The van der Waals surface area contributed by atoms with Gasteiger partial charge in [0, 0.05) is 38.4 Å². The molecular formula is C10H16N2O4PtS. The van der Waals surface area contributed by atoms with Gasteiger partial charge in [-0.1, -0.05) is 13.8 Å². The predicted octanol–water partition coefficient (Wildman–Crippen LogP) is 1.01. The van der Waals surface area contributed by atoms with E-state index in [1.165, 1.54) is 0 Å². The molecular weight excluding hydrogens is 439 g/mol. The van der Waals surface area contributed by atoms with Crippen molar-refractivity contribution in [1.82, 2.24) is 0 Å². The van der Waals surface area contributed by atoms with E-state index in [9.17, 15) is 0 Å². The zero-order valence-corrected chi connectivity index (χ0v) is 13.4. The Balaban J connectivity index is 0. The zero-order valence-electron chi connectivity index (χ0n) is 10.3. The molecule has 0 radical (unpaired) electrons. The van der Waals surface area contributed by atoms with Crippen molar-refractivity contribution in [1.29, 1.82) is 0 Å². The first-order valence-electron chi connectivity index (χ1n) is 4.96. The molecule has 0 saturated heterocycles. The summed E-state index contributed by atoms with van der Waals surface area (Å²) in [4.78, 5) is 26.7. The molecule has 0 aromatic carbocycles. The van der Waals surface area contributed by atoms with E-state index in [2.05, 4.69) is 30.1 Å². The number of aliphatic carboxylic acids is 2. The van der Waals surface area contributed by atoms with Gasteiger partial charge in [0.25, 0.3) is 0 Å². The number of aliphatic imine (C=N–C) groups is 2. The summed E-state index contributed by atoms with van der Waals surface area (Å²) in [7, 11) is 0. The van der Waals surface area contributed by atoms with Crippen LogP contribution >= 0.6 is 11.8 Å². The third kappa shape index (κ3) is 7.61. The van der Waals surface area contributed by atoms with Crippen molar-refractivity contribution in [2.45, 2.75) is 19.1 Å². The maximum Gasteiger partial charge on any atom is 0.414 e. The van der Waals surface area contributed by atoms with Crippen LogP contribution in [0.5, 0.6) is 0 Å². The molecule has 0 amide bonds. The number of hydrogen-bond acceptors (Lipinski definition) is 5. The van der Waals surface area contributed by atoms with Gasteiger partial charge in [-0.15, -0.1) is 0 Å². The predicted molar refractivity (Wildman–Crippen MR) is 68.2 cm³/mol. The topological polar surface area (TPSA) is 99.3 Å². The van der Waals surface area contributed by atoms with Gasteiger partial charge < -0.3 is 10.2 Å². The summed E-state index contributed by atoms with van der Waals surface area (Å²) in [5, 5.41) is 15.4.